The first-order valence-corrected chi connectivity index (χ1v) is 9.93. The Bertz CT molecular complexity index is 920. The van der Waals surface area contributed by atoms with Gasteiger partial charge in [-0.25, -0.2) is 4.98 Å². The Balaban J connectivity index is 0.00000280. The molecule has 3 aromatic rings. The maximum Gasteiger partial charge on any atom is 0.278 e. The molecule has 0 N–H and O–H groups in total. The van der Waals surface area contributed by atoms with E-state index in [-0.39, 0.29) is 18.3 Å². The molecule has 0 fully saturated rings. The molecule has 28 heavy (non-hydrogen) atoms. The van der Waals surface area contributed by atoms with Gasteiger partial charge in [0.15, 0.2) is 5.13 Å². The Morgan fingerprint density at radius 1 is 1.11 bits per heavy atom. The Kier molecular flexibility index (Phi) is 7.20. The molecule has 0 saturated heterocycles. The number of anilines is 1. The number of nitrogens with zero attached hydrogens (tertiary/aromatic N) is 5. The number of amides is 1. The summed E-state index contributed by atoms with van der Waals surface area (Å²) in [6, 6.07) is 4.20. The molecule has 0 radical (unpaired) electrons. The zero-order valence-electron chi connectivity index (χ0n) is 17.3. The highest BCUT2D eigenvalue weighted by Crippen LogP contribution is 2.34. The standard InChI is InChI=1S/C20H27N5OS.ClH/c1-13-8-9-14(2)18-16(13)22-20(27-18)25(11-7-10-23(4)5)19(26)17-15(3)12-21-24(17)6;/h8-9,12H,7,10-11H2,1-6H3;1H. The summed E-state index contributed by atoms with van der Waals surface area (Å²) in [7, 11) is 5.90. The van der Waals surface area contributed by atoms with Crippen molar-refractivity contribution in [1.29, 1.82) is 0 Å². The van der Waals surface area contributed by atoms with E-state index in [2.05, 4.69) is 36.0 Å². The van der Waals surface area contributed by atoms with Crippen LogP contribution in [0.25, 0.3) is 10.2 Å². The first-order valence-electron chi connectivity index (χ1n) is 9.11. The second kappa shape index (κ2) is 9.03. The van der Waals surface area contributed by atoms with Gasteiger partial charge in [-0.2, -0.15) is 5.10 Å². The van der Waals surface area contributed by atoms with E-state index in [4.69, 9.17) is 4.98 Å². The van der Waals surface area contributed by atoms with Gasteiger partial charge in [-0.15, -0.1) is 12.4 Å². The highest BCUT2D eigenvalue weighted by molar-refractivity contribution is 7.22. The number of rotatable bonds is 6. The molecule has 1 amide bonds. The van der Waals surface area contributed by atoms with Crippen molar-refractivity contribution >= 4 is 45.0 Å². The fourth-order valence-electron chi connectivity index (χ4n) is 3.17. The van der Waals surface area contributed by atoms with Gasteiger partial charge in [0.2, 0.25) is 0 Å². The maximum absolute atomic E-state index is 13.4. The number of aryl methyl sites for hydroxylation is 4. The third-order valence-corrected chi connectivity index (χ3v) is 5.93. The molecule has 0 aliphatic heterocycles. The van der Waals surface area contributed by atoms with Crippen LogP contribution in [0.4, 0.5) is 5.13 Å². The molecule has 1 aromatic carbocycles. The molecule has 0 spiro atoms. The van der Waals surface area contributed by atoms with Crippen molar-refractivity contribution in [2.24, 2.45) is 7.05 Å². The van der Waals surface area contributed by atoms with Gasteiger partial charge in [0, 0.05) is 13.6 Å². The molecule has 152 valence electrons. The summed E-state index contributed by atoms with van der Waals surface area (Å²) < 4.78 is 2.80. The van der Waals surface area contributed by atoms with Gasteiger partial charge < -0.3 is 4.90 Å². The number of benzene rings is 1. The molecule has 0 aliphatic carbocycles. The fourth-order valence-corrected chi connectivity index (χ4v) is 4.31. The minimum atomic E-state index is -0.0411. The van der Waals surface area contributed by atoms with E-state index in [1.54, 1.807) is 22.2 Å². The van der Waals surface area contributed by atoms with Gasteiger partial charge in [0.25, 0.3) is 5.91 Å². The topological polar surface area (TPSA) is 54.3 Å². The number of hydrogen-bond donors (Lipinski definition) is 0. The van der Waals surface area contributed by atoms with Crippen LogP contribution in [0.1, 0.15) is 33.6 Å². The van der Waals surface area contributed by atoms with Gasteiger partial charge in [0.1, 0.15) is 5.69 Å². The minimum absolute atomic E-state index is 0. The van der Waals surface area contributed by atoms with Crippen molar-refractivity contribution in [2.45, 2.75) is 27.2 Å². The lowest BCUT2D eigenvalue weighted by Crippen LogP contribution is -2.35. The summed E-state index contributed by atoms with van der Waals surface area (Å²) >= 11 is 1.59. The fraction of sp³-hybridized carbons (Fsp3) is 0.450. The van der Waals surface area contributed by atoms with Crippen LogP contribution in [0, 0.1) is 20.8 Å². The number of hydrogen-bond acceptors (Lipinski definition) is 5. The van der Waals surface area contributed by atoms with E-state index in [1.807, 2.05) is 33.0 Å². The maximum atomic E-state index is 13.4. The summed E-state index contributed by atoms with van der Waals surface area (Å²) in [6.07, 6.45) is 2.61. The van der Waals surface area contributed by atoms with Crippen LogP contribution in [0.15, 0.2) is 18.3 Å². The second-order valence-electron chi connectivity index (χ2n) is 7.29. The summed E-state index contributed by atoms with van der Waals surface area (Å²) in [4.78, 5) is 22.2. The van der Waals surface area contributed by atoms with Crippen molar-refractivity contribution in [3.8, 4) is 0 Å². The number of fused-ring (bicyclic) bond motifs is 1. The lowest BCUT2D eigenvalue weighted by molar-refractivity contribution is 0.0976. The van der Waals surface area contributed by atoms with Gasteiger partial charge in [-0.3, -0.25) is 14.4 Å². The molecule has 0 unspecified atom stereocenters. The smallest absolute Gasteiger partial charge is 0.278 e. The number of carbonyl (C=O) groups is 1. The predicted octanol–water partition coefficient (Wildman–Crippen LogP) is 3.98. The average Bonchev–Trinajstić information content (AvgIpc) is 3.19. The van der Waals surface area contributed by atoms with Gasteiger partial charge in [-0.05, 0) is 64.5 Å². The molecular formula is C20H28ClN5OS. The van der Waals surface area contributed by atoms with E-state index in [0.29, 0.717) is 12.2 Å². The van der Waals surface area contributed by atoms with Crippen LogP contribution in [0.5, 0.6) is 0 Å². The highest BCUT2D eigenvalue weighted by atomic mass is 35.5. The van der Waals surface area contributed by atoms with Crippen LogP contribution in [0.2, 0.25) is 0 Å². The zero-order chi connectivity index (χ0) is 19.7. The minimum Gasteiger partial charge on any atom is -0.309 e. The van der Waals surface area contributed by atoms with Crippen LogP contribution in [-0.2, 0) is 7.05 Å². The van der Waals surface area contributed by atoms with Crippen molar-refractivity contribution < 1.29 is 4.79 Å². The largest absolute Gasteiger partial charge is 0.309 e. The highest BCUT2D eigenvalue weighted by Gasteiger charge is 2.25. The van der Waals surface area contributed by atoms with Gasteiger partial charge >= 0.3 is 0 Å². The van der Waals surface area contributed by atoms with Crippen molar-refractivity contribution in [3.05, 3.63) is 40.7 Å². The summed E-state index contributed by atoms with van der Waals surface area (Å²) in [5, 5.41) is 4.99. The predicted molar refractivity (Wildman–Crippen MR) is 119 cm³/mol. The first-order chi connectivity index (χ1) is 12.8. The molecule has 6 nitrogen and oxygen atoms in total. The molecular weight excluding hydrogens is 394 g/mol. The summed E-state index contributed by atoms with van der Waals surface area (Å²) in [6.45, 7) is 7.61. The molecule has 8 heteroatoms. The van der Waals surface area contributed by atoms with E-state index >= 15 is 0 Å². The van der Waals surface area contributed by atoms with Gasteiger partial charge in [-0.1, -0.05) is 23.5 Å². The zero-order valence-corrected chi connectivity index (χ0v) is 18.9. The van der Waals surface area contributed by atoms with E-state index in [9.17, 15) is 4.79 Å². The number of halogens is 1. The van der Waals surface area contributed by atoms with E-state index < -0.39 is 0 Å². The molecule has 0 atom stereocenters. The molecule has 0 saturated carbocycles. The Morgan fingerprint density at radius 3 is 2.36 bits per heavy atom. The van der Waals surface area contributed by atoms with Crippen molar-refractivity contribution in [2.75, 3.05) is 32.1 Å². The van der Waals surface area contributed by atoms with Crippen LogP contribution in [0.3, 0.4) is 0 Å². The number of thiazole rings is 1. The Morgan fingerprint density at radius 2 is 1.79 bits per heavy atom. The SMILES string of the molecule is Cc1cnn(C)c1C(=O)N(CCCN(C)C)c1nc2c(C)ccc(C)c2s1.Cl. The average molecular weight is 422 g/mol. The molecule has 0 aliphatic rings. The molecule has 3 rings (SSSR count). The van der Waals surface area contributed by atoms with Crippen LogP contribution < -0.4 is 4.90 Å². The summed E-state index contributed by atoms with van der Waals surface area (Å²) in [5.74, 6) is -0.0411. The van der Waals surface area contributed by atoms with Crippen LogP contribution in [-0.4, -0.2) is 52.8 Å². The lowest BCUT2D eigenvalue weighted by Gasteiger charge is -2.21. The second-order valence-corrected chi connectivity index (χ2v) is 8.26. The molecule has 2 heterocycles. The molecule has 2 aromatic heterocycles. The van der Waals surface area contributed by atoms with E-state index in [1.165, 1.54) is 5.56 Å². The lowest BCUT2D eigenvalue weighted by atomic mass is 10.1. The van der Waals surface area contributed by atoms with Crippen molar-refractivity contribution in [3.63, 3.8) is 0 Å². The third kappa shape index (κ3) is 4.37. The number of carbonyl (C=O) groups excluding carboxylic acids is 1. The number of aromatic nitrogens is 3. The monoisotopic (exact) mass is 421 g/mol. The Hall–Kier alpha value is -1.96. The van der Waals surface area contributed by atoms with Crippen LogP contribution >= 0.6 is 23.7 Å². The third-order valence-electron chi connectivity index (χ3n) is 4.72. The quantitative estimate of drug-likeness (QED) is 0.604. The molecule has 0 bridgehead atoms. The normalized spacial score (nSPS) is 11.1. The van der Waals surface area contributed by atoms with Crippen molar-refractivity contribution in [1.82, 2.24) is 19.7 Å². The first kappa shape index (κ1) is 22.3. The van der Waals surface area contributed by atoms with E-state index in [0.717, 1.165) is 39.4 Å². The van der Waals surface area contributed by atoms with Gasteiger partial charge in [0.05, 0.1) is 16.4 Å². The summed E-state index contributed by atoms with van der Waals surface area (Å²) in [5.41, 5.74) is 4.82. The Labute approximate surface area is 176 Å².